The molecule has 2 aliphatic heterocycles. The van der Waals surface area contributed by atoms with Crippen molar-refractivity contribution in [2.75, 3.05) is 19.8 Å². The minimum absolute atomic E-state index is 0.0731. The molecule has 3 unspecified atom stereocenters. The van der Waals surface area contributed by atoms with Gasteiger partial charge in [0, 0.05) is 16.6 Å². The molecule has 2 aliphatic rings. The summed E-state index contributed by atoms with van der Waals surface area (Å²) < 4.78 is 52.3. The third-order valence-corrected chi connectivity index (χ3v) is 8.36. The molecule has 0 bridgehead atoms. The number of piperidine rings is 1. The Kier molecular flexibility index (Phi) is 9.94. The summed E-state index contributed by atoms with van der Waals surface area (Å²) >= 11 is 12.4. The van der Waals surface area contributed by atoms with Crippen LogP contribution in [0.25, 0.3) is 0 Å². The Labute approximate surface area is 269 Å². The Bertz CT molecular complexity index is 1560. The van der Waals surface area contributed by atoms with E-state index in [0.717, 1.165) is 24.1 Å². The number of hydrogen-bond acceptors (Lipinski definition) is 5. The second-order valence-corrected chi connectivity index (χ2v) is 11.6. The SMILES string of the molecule is CCOC(=O)C1CCCCN1C(=O)N1C(c2ccc(C(F)(F)F)cc2OCC)=NC(c2ccc(Cl)cc2)C1c1ccc(Cl)cc1. The maximum absolute atomic E-state index is 14.8. The first-order chi connectivity index (χ1) is 21.5. The van der Waals surface area contributed by atoms with Crippen LogP contribution in [0.1, 0.15) is 67.4 Å². The molecular formula is C33H32Cl2F3N3O4. The van der Waals surface area contributed by atoms with Gasteiger partial charge in [-0.05, 0) is 86.7 Å². The van der Waals surface area contributed by atoms with Crippen LogP contribution in [0.15, 0.2) is 71.7 Å². The lowest BCUT2D eigenvalue weighted by Gasteiger charge is -2.39. The number of alkyl halides is 3. The molecule has 0 saturated carbocycles. The molecule has 0 aromatic heterocycles. The number of nitrogens with zero attached hydrogens (tertiary/aromatic N) is 3. The summed E-state index contributed by atoms with van der Waals surface area (Å²) in [6.45, 7) is 3.88. The Hall–Kier alpha value is -3.76. The topological polar surface area (TPSA) is 71.4 Å². The first-order valence-electron chi connectivity index (χ1n) is 14.7. The van der Waals surface area contributed by atoms with E-state index in [1.165, 1.54) is 15.9 Å². The quantitative estimate of drug-likeness (QED) is 0.238. The molecule has 3 atom stereocenters. The van der Waals surface area contributed by atoms with E-state index in [1.54, 1.807) is 62.4 Å². The molecule has 45 heavy (non-hydrogen) atoms. The molecule has 3 aromatic carbocycles. The number of aliphatic imine (C=N–C) groups is 1. The van der Waals surface area contributed by atoms with Gasteiger partial charge in [-0.2, -0.15) is 13.2 Å². The third kappa shape index (κ3) is 6.92. The Morgan fingerprint density at radius 3 is 2.16 bits per heavy atom. The third-order valence-electron chi connectivity index (χ3n) is 7.85. The van der Waals surface area contributed by atoms with Crippen molar-refractivity contribution >= 4 is 41.0 Å². The molecular weight excluding hydrogens is 630 g/mol. The van der Waals surface area contributed by atoms with Crippen LogP contribution >= 0.6 is 23.2 Å². The summed E-state index contributed by atoms with van der Waals surface area (Å²) in [4.78, 5) is 35.8. The van der Waals surface area contributed by atoms with Gasteiger partial charge in [-0.3, -0.25) is 9.89 Å². The van der Waals surface area contributed by atoms with E-state index in [2.05, 4.69) is 0 Å². The number of carbonyl (C=O) groups excluding carboxylic acids is 2. The highest BCUT2D eigenvalue weighted by Crippen LogP contribution is 2.46. The summed E-state index contributed by atoms with van der Waals surface area (Å²) in [7, 11) is 0. The highest BCUT2D eigenvalue weighted by molar-refractivity contribution is 6.30. The smallest absolute Gasteiger partial charge is 0.416 e. The highest BCUT2D eigenvalue weighted by Gasteiger charge is 2.47. The second-order valence-electron chi connectivity index (χ2n) is 10.7. The van der Waals surface area contributed by atoms with Crippen LogP contribution in [-0.4, -0.2) is 53.4 Å². The molecule has 238 valence electrons. The number of rotatable bonds is 7. The molecule has 5 rings (SSSR count). The Morgan fingerprint density at radius 2 is 1.56 bits per heavy atom. The van der Waals surface area contributed by atoms with E-state index < -0.39 is 41.9 Å². The van der Waals surface area contributed by atoms with Crippen LogP contribution < -0.4 is 4.74 Å². The minimum Gasteiger partial charge on any atom is -0.493 e. The van der Waals surface area contributed by atoms with Crippen molar-refractivity contribution in [2.45, 2.75) is 57.4 Å². The molecule has 3 aromatic rings. The summed E-state index contributed by atoms with van der Waals surface area (Å²) in [5, 5.41) is 0.988. The number of amidine groups is 1. The summed E-state index contributed by atoms with van der Waals surface area (Å²) in [5.74, 6) is -0.466. The average molecular weight is 663 g/mol. The van der Waals surface area contributed by atoms with Crippen LogP contribution in [0.3, 0.4) is 0 Å². The van der Waals surface area contributed by atoms with E-state index >= 15 is 0 Å². The van der Waals surface area contributed by atoms with Crippen molar-refractivity contribution in [3.05, 3.63) is 99.0 Å². The van der Waals surface area contributed by atoms with Gasteiger partial charge in [0.2, 0.25) is 0 Å². The molecule has 12 heteroatoms. The fourth-order valence-electron chi connectivity index (χ4n) is 5.80. The van der Waals surface area contributed by atoms with Gasteiger partial charge in [0.1, 0.15) is 23.7 Å². The largest absolute Gasteiger partial charge is 0.493 e. The zero-order valence-electron chi connectivity index (χ0n) is 24.7. The molecule has 0 aliphatic carbocycles. The minimum atomic E-state index is -4.62. The number of likely N-dealkylation sites (tertiary alicyclic amines) is 1. The number of amides is 2. The first-order valence-corrected chi connectivity index (χ1v) is 15.5. The first kappa shape index (κ1) is 32.6. The zero-order valence-corrected chi connectivity index (χ0v) is 26.2. The van der Waals surface area contributed by atoms with Crippen molar-refractivity contribution in [3.8, 4) is 5.75 Å². The van der Waals surface area contributed by atoms with Crippen molar-refractivity contribution < 1.29 is 32.2 Å². The van der Waals surface area contributed by atoms with Crippen molar-refractivity contribution in [1.82, 2.24) is 9.80 Å². The van der Waals surface area contributed by atoms with Crippen molar-refractivity contribution in [1.29, 1.82) is 0 Å². The Balaban J connectivity index is 1.72. The number of carbonyl (C=O) groups is 2. The standard InChI is InChI=1S/C33H32Cl2F3N3O4/c1-3-44-27-19-22(33(36,37)38)12-17-25(27)30-39-28(20-8-13-23(34)14-9-20)29(21-10-15-24(35)16-11-21)41(30)32(43)40-18-6-5-7-26(40)31(42)45-4-2/h8-17,19,26,28-29H,3-7,18H2,1-2H3. The van der Waals surface area contributed by atoms with Gasteiger partial charge >= 0.3 is 18.2 Å². The van der Waals surface area contributed by atoms with E-state index in [9.17, 15) is 22.8 Å². The molecule has 1 fully saturated rings. The molecule has 1 saturated heterocycles. The van der Waals surface area contributed by atoms with Crippen LogP contribution in [0, 0.1) is 0 Å². The lowest BCUT2D eigenvalue weighted by atomic mass is 9.93. The summed E-state index contributed by atoms with van der Waals surface area (Å²) in [6.07, 6.45) is -2.80. The summed E-state index contributed by atoms with van der Waals surface area (Å²) in [5.41, 5.74) is 0.713. The lowest BCUT2D eigenvalue weighted by Crippen LogP contribution is -2.55. The molecule has 0 spiro atoms. The number of halogens is 5. The van der Waals surface area contributed by atoms with E-state index in [-0.39, 0.29) is 36.9 Å². The predicted molar refractivity (Wildman–Crippen MR) is 166 cm³/mol. The van der Waals surface area contributed by atoms with Crippen molar-refractivity contribution in [2.24, 2.45) is 4.99 Å². The van der Waals surface area contributed by atoms with E-state index in [0.29, 0.717) is 28.5 Å². The number of hydrogen-bond donors (Lipinski definition) is 0. The van der Waals surface area contributed by atoms with E-state index in [1.807, 2.05) is 0 Å². The maximum Gasteiger partial charge on any atom is 0.416 e. The fourth-order valence-corrected chi connectivity index (χ4v) is 6.05. The predicted octanol–water partition coefficient (Wildman–Crippen LogP) is 8.49. The van der Waals surface area contributed by atoms with Gasteiger partial charge in [0.05, 0.1) is 30.4 Å². The number of urea groups is 1. The summed E-state index contributed by atoms with van der Waals surface area (Å²) in [6, 6.07) is 14.3. The average Bonchev–Trinajstić information content (AvgIpc) is 3.41. The second kappa shape index (κ2) is 13.7. The molecule has 0 radical (unpaired) electrons. The monoisotopic (exact) mass is 661 g/mol. The van der Waals surface area contributed by atoms with Crippen LogP contribution in [-0.2, 0) is 15.7 Å². The van der Waals surface area contributed by atoms with Gasteiger partial charge in [-0.1, -0.05) is 47.5 Å². The molecule has 7 nitrogen and oxygen atoms in total. The van der Waals surface area contributed by atoms with Gasteiger partial charge in [-0.25, -0.2) is 9.59 Å². The number of benzene rings is 3. The Morgan fingerprint density at radius 1 is 0.911 bits per heavy atom. The van der Waals surface area contributed by atoms with Gasteiger partial charge in [0.25, 0.3) is 0 Å². The lowest BCUT2D eigenvalue weighted by molar-refractivity contribution is -0.149. The van der Waals surface area contributed by atoms with Gasteiger partial charge in [0.15, 0.2) is 0 Å². The zero-order chi connectivity index (χ0) is 32.3. The highest BCUT2D eigenvalue weighted by atomic mass is 35.5. The maximum atomic E-state index is 14.8. The van der Waals surface area contributed by atoms with Crippen LogP contribution in [0.2, 0.25) is 10.0 Å². The van der Waals surface area contributed by atoms with Crippen LogP contribution in [0.4, 0.5) is 18.0 Å². The van der Waals surface area contributed by atoms with Gasteiger partial charge in [-0.15, -0.1) is 0 Å². The molecule has 2 heterocycles. The number of ether oxygens (including phenoxy) is 2. The number of esters is 1. The van der Waals surface area contributed by atoms with E-state index in [4.69, 9.17) is 37.7 Å². The van der Waals surface area contributed by atoms with Crippen LogP contribution in [0.5, 0.6) is 5.75 Å². The normalized spacial score (nSPS) is 20.2. The van der Waals surface area contributed by atoms with Gasteiger partial charge < -0.3 is 14.4 Å². The molecule has 0 N–H and O–H groups in total. The fraction of sp³-hybridized carbons (Fsp3) is 0.364. The molecule has 2 amide bonds. The van der Waals surface area contributed by atoms with Crippen molar-refractivity contribution in [3.63, 3.8) is 0 Å².